The number of benzene rings is 3. The van der Waals surface area contributed by atoms with Crippen molar-refractivity contribution in [1.82, 2.24) is 0 Å². The van der Waals surface area contributed by atoms with Crippen LogP contribution in [0.2, 0.25) is 0 Å². The number of aromatic hydroxyl groups is 1. The van der Waals surface area contributed by atoms with Crippen LogP contribution in [0.3, 0.4) is 0 Å². The fourth-order valence-corrected chi connectivity index (χ4v) is 2.77. The summed E-state index contributed by atoms with van der Waals surface area (Å²) in [6, 6.07) is 18.4. The van der Waals surface area contributed by atoms with Crippen LogP contribution in [-0.2, 0) is 4.74 Å². The Labute approximate surface area is 168 Å². The highest BCUT2D eigenvalue weighted by Crippen LogP contribution is 2.25. The molecule has 6 nitrogen and oxygen atoms in total. The number of phenolic OH excluding ortho intramolecular Hbond substituents is 1. The number of carbonyl (C=O) groups excluding carboxylic acids is 2. The van der Waals surface area contributed by atoms with Crippen LogP contribution in [0.4, 0.5) is 0 Å². The Morgan fingerprint density at radius 3 is 2.03 bits per heavy atom. The molecule has 3 aromatic carbocycles. The second-order valence-corrected chi connectivity index (χ2v) is 6.19. The van der Waals surface area contributed by atoms with Crippen LogP contribution in [0, 0.1) is 0 Å². The number of hydrogen-bond donors (Lipinski definition) is 1. The van der Waals surface area contributed by atoms with Gasteiger partial charge in [0, 0.05) is 6.07 Å². The van der Waals surface area contributed by atoms with E-state index in [0.717, 1.165) is 11.1 Å². The average molecular weight is 392 g/mol. The van der Waals surface area contributed by atoms with E-state index in [1.807, 2.05) is 0 Å². The number of hydrogen-bond acceptors (Lipinski definition) is 6. The van der Waals surface area contributed by atoms with Gasteiger partial charge in [-0.15, -0.1) is 0 Å². The summed E-state index contributed by atoms with van der Waals surface area (Å²) in [6.45, 7) is -0.402. The van der Waals surface area contributed by atoms with Crippen LogP contribution in [0.25, 0.3) is 11.1 Å². The minimum atomic E-state index is -0.594. The van der Waals surface area contributed by atoms with Gasteiger partial charge in [-0.25, -0.2) is 4.79 Å². The van der Waals surface area contributed by atoms with E-state index in [1.165, 1.54) is 14.2 Å². The summed E-state index contributed by atoms with van der Waals surface area (Å²) < 4.78 is 15.5. The summed E-state index contributed by atoms with van der Waals surface area (Å²) in [5.41, 5.74) is 2.44. The summed E-state index contributed by atoms with van der Waals surface area (Å²) in [5, 5.41) is 9.36. The Morgan fingerprint density at radius 1 is 0.828 bits per heavy atom. The summed E-state index contributed by atoms with van der Waals surface area (Å²) in [5.74, 6) is 0.126. The largest absolute Gasteiger partial charge is 0.508 e. The van der Waals surface area contributed by atoms with Gasteiger partial charge in [-0.3, -0.25) is 4.79 Å². The van der Waals surface area contributed by atoms with Crippen LogP contribution >= 0.6 is 0 Å². The molecule has 0 aromatic heterocycles. The molecule has 0 aliphatic heterocycles. The number of carbonyl (C=O) groups is 2. The van der Waals surface area contributed by atoms with E-state index in [1.54, 1.807) is 66.7 Å². The molecule has 0 fully saturated rings. The fourth-order valence-electron chi connectivity index (χ4n) is 2.77. The van der Waals surface area contributed by atoms with Crippen LogP contribution < -0.4 is 9.47 Å². The van der Waals surface area contributed by atoms with Gasteiger partial charge in [0.05, 0.1) is 25.3 Å². The molecular weight excluding hydrogens is 372 g/mol. The molecule has 6 heteroatoms. The molecule has 0 spiro atoms. The normalized spacial score (nSPS) is 10.3. The zero-order valence-electron chi connectivity index (χ0n) is 16.0. The lowest BCUT2D eigenvalue weighted by atomic mass is 10.0. The van der Waals surface area contributed by atoms with E-state index >= 15 is 0 Å². The standard InChI is InChI=1S/C23H20O6/c1-27-19-11-12-20(22(13-19)28-2)21(25)14-29-23(26)17-5-3-15(4-6-17)16-7-9-18(24)10-8-16/h3-13,24H,14H2,1-2H3. The average Bonchev–Trinajstić information content (AvgIpc) is 2.77. The number of rotatable bonds is 7. The molecule has 1 N–H and O–H groups in total. The van der Waals surface area contributed by atoms with E-state index in [2.05, 4.69) is 0 Å². The van der Waals surface area contributed by atoms with Gasteiger partial charge in [-0.05, 0) is 47.5 Å². The molecule has 0 unspecified atom stereocenters. The lowest BCUT2D eigenvalue weighted by molar-refractivity contribution is 0.0474. The topological polar surface area (TPSA) is 82.1 Å². The van der Waals surface area contributed by atoms with Crippen LogP contribution in [0.1, 0.15) is 20.7 Å². The highest BCUT2D eigenvalue weighted by molar-refractivity contribution is 6.01. The van der Waals surface area contributed by atoms with Crippen molar-refractivity contribution in [3.63, 3.8) is 0 Å². The molecule has 0 saturated heterocycles. The zero-order chi connectivity index (χ0) is 20.8. The molecular formula is C23H20O6. The maximum Gasteiger partial charge on any atom is 0.338 e. The molecule has 29 heavy (non-hydrogen) atoms. The molecule has 0 aliphatic rings. The number of methoxy groups -OCH3 is 2. The molecule has 3 aromatic rings. The van der Waals surface area contributed by atoms with Crippen molar-refractivity contribution in [3.8, 4) is 28.4 Å². The number of phenols is 1. The van der Waals surface area contributed by atoms with Crippen molar-refractivity contribution in [2.45, 2.75) is 0 Å². The van der Waals surface area contributed by atoms with Crippen molar-refractivity contribution in [2.75, 3.05) is 20.8 Å². The Bertz CT molecular complexity index is 1010. The maximum absolute atomic E-state index is 12.4. The van der Waals surface area contributed by atoms with Gasteiger partial charge in [0.15, 0.2) is 6.61 Å². The van der Waals surface area contributed by atoms with Gasteiger partial charge in [-0.2, -0.15) is 0 Å². The second kappa shape index (κ2) is 8.93. The molecule has 0 radical (unpaired) electrons. The Hall–Kier alpha value is -3.80. The Balaban J connectivity index is 1.65. The molecule has 148 valence electrons. The van der Waals surface area contributed by atoms with E-state index < -0.39 is 12.6 Å². The molecule has 0 heterocycles. The minimum absolute atomic E-state index is 0.187. The maximum atomic E-state index is 12.4. The third kappa shape index (κ3) is 4.73. The van der Waals surface area contributed by atoms with Gasteiger partial charge < -0.3 is 19.3 Å². The molecule has 3 rings (SSSR count). The summed E-state index contributed by atoms with van der Waals surface area (Å²) in [4.78, 5) is 24.7. The first kappa shape index (κ1) is 19.9. The molecule has 0 atom stereocenters. The molecule has 0 amide bonds. The summed E-state index contributed by atoms with van der Waals surface area (Å²) in [7, 11) is 2.97. The van der Waals surface area contributed by atoms with Crippen LogP contribution in [0.15, 0.2) is 66.7 Å². The van der Waals surface area contributed by atoms with Gasteiger partial charge in [-0.1, -0.05) is 24.3 Å². The highest BCUT2D eigenvalue weighted by Gasteiger charge is 2.16. The van der Waals surface area contributed by atoms with E-state index in [9.17, 15) is 14.7 Å². The third-order valence-corrected chi connectivity index (χ3v) is 4.36. The van der Waals surface area contributed by atoms with Gasteiger partial charge in [0.25, 0.3) is 0 Å². The summed E-state index contributed by atoms with van der Waals surface area (Å²) >= 11 is 0. The van der Waals surface area contributed by atoms with E-state index in [4.69, 9.17) is 14.2 Å². The third-order valence-electron chi connectivity index (χ3n) is 4.36. The zero-order valence-corrected chi connectivity index (χ0v) is 16.0. The monoisotopic (exact) mass is 392 g/mol. The van der Waals surface area contributed by atoms with E-state index in [0.29, 0.717) is 22.6 Å². The highest BCUT2D eigenvalue weighted by atomic mass is 16.5. The Kier molecular flexibility index (Phi) is 6.14. The van der Waals surface area contributed by atoms with Gasteiger partial charge >= 0.3 is 5.97 Å². The Morgan fingerprint density at radius 2 is 1.45 bits per heavy atom. The molecule has 0 aliphatic carbocycles. The number of ether oxygens (including phenoxy) is 3. The van der Waals surface area contributed by atoms with Crippen LogP contribution in [-0.4, -0.2) is 37.7 Å². The minimum Gasteiger partial charge on any atom is -0.508 e. The van der Waals surface area contributed by atoms with Crippen LogP contribution in [0.5, 0.6) is 17.2 Å². The molecule has 0 bridgehead atoms. The quantitative estimate of drug-likeness (QED) is 0.481. The van der Waals surface area contributed by atoms with Gasteiger partial charge in [0.2, 0.25) is 5.78 Å². The first-order valence-electron chi connectivity index (χ1n) is 8.83. The predicted octanol–water partition coefficient (Wildman–Crippen LogP) is 4.12. The first-order valence-corrected chi connectivity index (χ1v) is 8.83. The van der Waals surface area contributed by atoms with Crippen molar-refractivity contribution in [1.29, 1.82) is 0 Å². The van der Waals surface area contributed by atoms with Crippen molar-refractivity contribution < 1.29 is 28.9 Å². The molecule has 0 saturated carbocycles. The second-order valence-electron chi connectivity index (χ2n) is 6.19. The number of esters is 1. The summed E-state index contributed by atoms with van der Waals surface area (Å²) in [6.07, 6.45) is 0. The fraction of sp³-hybridized carbons (Fsp3) is 0.130. The first-order chi connectivity index (χ1) is 14.0. The van der Waals surface area contributed by atoms with Crippen molar-refractivity contribution in [2.24, 2.45) is 0 Å². The SMILES string of the molecule is COc1ccc(C(=O)COC(=O)c2ccc(-c3ccc(O)cc3)cc2)c(OC)c1. The van der Waals surface area contributed by atoms with Crippen molar-refractivity contribution >= 4 is 11.8 Å². The number of Topliss-reactive ketones (excluding diaryl/α,β-unsaturated/α-hetero) is 1. The number of ketones is 1. The van der Waals surface area contributed by atoms with Gasteiger partial charge in [0.1, 0.15) is 17.2 Å². The van der Waals surface area contributed by atoms with E-state index in [-0.39, 0.29) is 11.5 Å². The lowest BCUT2D eigenvalue weighted by Gasteiger charge is -2.10. The van der Waals surface area contributed by atoms with Crippen molar-refractivity contribution in [3.05, 3.63) is 77.9 Å². The predicted molar refractivity (Wildman–Crippen MR) is 108 cm³/mol. The smallest absolute Gasteiger partial charge is 0.338 e. The lowest BCUT2D eigenvalue weighted by Crippen LogP contribution is -2.15.